The van der Waals surface area contributed by atoms with Gasteiger partial charge in [0.15, 0.2) is 9.84 Å². The van der Waals surface area contributed by atoms with Crippen molar-refractivity contribution in [1.29, 1.82) is 0 Å². The predicted molar refractivity (Wildman–Crippen MR) is 78.5 cm³/mol. The molecule has 0 heterocycles. The molecule has 4 nitrogen and oxygen atoms in total. The van der Waals surface area contributed by atoms with Crippen LogP contribution in [0.2, 0.25) is 0 Å². The van der Waals surface area contributed by atoms with Crippen LogP contribution in [0.1, 0.15) is 19.4 Å². The topological polar surface area (TPSA) is 55.4 Å². The molecule has 1 atom stereocenters. The molecule has 0 radical (unpaired) electrons. The highest BCUT2D eigenvalue weighted by atomic mass is 32.2. The highest BCUT2D eigenvalue weighted by Gasteiger charge is 2.10. The Morgan fingerprint density at radius 1 is 1.32 bits per heavy atom. The molecule has 0 aliphatic heterocycles. The van der Waals surface area contributed by atoms with Crippen LogP contribution >= 0.6 is 0 Å². The van der Waals surface area contributed by atoms with Gasteiger partial charge in [-0.05, 0) is 25.0 Å². The molecule has 108 valence electrons. The van der Waals surface area contributed by atoms with Crippen LogP contribution in [0.25, 0.3) is 0 Å². The summed E-state index contributed by atoms with van der Waals surface area (Å²) in [4.78, 5) is 0. The normalized spacial score (nSPS) is 13.2. The van der Waals surface area contributed by atoms with Gasteiger partial charge in [0.1, 0.15) is 5.75 Å². The lowest BCUT2D eigenvalue weighted by atomic mass is 10.1. The first-order valence-electron chi connectivity index (χ1n) is 6.54. The molecular formula is C14H23NO3S. The molecule has 1 unspecified atom stereocenters. The molecule has 0 spiro atoms. The zero-order valence-corrected chi connectivity index (χ0v) is 12.7. The quantitative estimate of drug-likeness (QED) is 0.789. The third-order valence-corrected chi connectivity index (χ3v) is 4.77. The second-order valence-corrected chi connectivity index (χ2v) is 7.08. The number of methoxy groups -OCH3 is 1. The Morgan fingerprint density at radius 2 is 2.00 bits per heavy atom. The zero-order chi connectivity index (χ0) is 14.3. The van der Waals surface area contributed by atoms with E-state index < -0.39 is 9.84 Å². The van der Waals surface area contributed by atoms with Crippen LogP contribution in [0.3, 0.4) is 0 Å². The molecule has 0 aliphatic carbocycles. The molecule has 1 rings (SSSR count). The fourth-order valence-corrected chi connectivity index (χ4v) is 2.60. The third kappa shape index (κ3) is 5.61. The standard InChI is InChI=1S/C14H23NO3S/c1-4-19(16,17)10-9-15-12(2)11-13-7-5-6-8-14(13)18-3/h5-8,12,15H,4,9-11H2,1-3H3. The maximum absolute atomic E-state index is 11.4. The number of sulfone groups is 1. The van der Waals surface area contributed by atoms with E-state index in [4.69, 9.17) is 4.74 Å². The van der Waals surface area contributed by atoms with Gasteiger partial charge in [-0.3, -0.25) is 0 Å². The highest BCUT2D eigenvalue weighted by molar-refractivity contribution is 7.91. The van der Waals surface area contributed by atoms with Gasteiger partial charge in [-0.15, -0.1) is 0 Å². The lowest BCUT2D eigenvalue weighted by molar-refractivity contribution is 0.406. The van der Waals surface area contributed by atoms with Crippen LogP contribution in [-0.4, -0.2) is 39.6 Å². The van der Waals surface area contributed by atoms with Crippen LogP contribution in [0.4, 0.5) is 0 Å². The molecule has 1 aromatic carbocycles. The van der Waals surface area contributed by atoms with E-state index in [1.807, 2.05) is 31.2 Å². The summed E-state index contributed by atoms with van der Waals surface area (Å²) in [5.74, 6) is 1.27. The van der Waals surface area contributed by atoms with Crippen molar-refractivity contribution in [2.45, 2.75) is 26.3 Å². The number of para-hydroxylation sites is 1. The van der Waals surface area contributed by atoms with Crippen molar-refractivity contribution in [1.82, 2.24) is 5.32 Å². The first kappa shape index (κ1) is 16.0. The Hall–Kier alpha value is -1.07. The zero-order valence-electron chi connectivity index (χ0n) is 11.8. The van der Waals surface area contributed by atoms with Crippen molar-refractivity contribution in [3.05, 3.63) is 29.8 Å². The van der Waals surface area contributed by atoms with Gasteiger partial charge in [0.05, 0.1) is 12.9 Å². The molecule has 1 N–H and O–H groups in total. The Labute approximate surface area is 116 Å². The van der Waals surface area contributed by atoms with E-state index >= 15 is 0 Å². The molecular weight excluding hydrogens is 262 g/mol. The number of hydrogen-bond donors (Lipinski definition) is 1. The fraction of sp³-hybridized carbons (Fsp3) is 0.571. The fourth-order valence-electron chi connectivity index (χ4n) is 1.88. The molecule has 0 saturated carbocycles. The van der Waals surface area contributed by atoms with E-state index in [2.05, 4.69) is 5.32 Å². The Balaban J connectivity index is 2.45. The van der Waals surface area contributed by atoms with Crippen molar-refractivity contribution in [3.8, 4) is 5.75 Å². The van der Waals surface area contributed by atoms with Gasteiger partial charge in [0.25, 0.3) is 0 Å². The van der Waals surface area contributed by atoms with E-state index in [0.29, 0.717) is 6.54 Å². The smallest absolute Gasteiger partial charge is 0.151 e. The molecule has 1 aromatic rings. The number of nitrogens with one attached hydrogen (secondary N) is 1. The summed E-state index contributed by atoms with van der Waals surface area (Å²) < 4.78 is 28.1. The maximum Gasteiger partial charge on any atom is 0.151 e. The second kappa shape index (κ2) is 7.50. The molecule has 0 aliphatic rings. The van der Waals surface area contributed by atoms with Crippen LogP contribution in [-0.2, 0) is 16.3 Å². The van der Waals surface area contributed by atoms with Crippen molar-refractivity contribution >= 4 is 9.84 Å². The predicted octanol–water partition coefficient (Wildman–Crippen LogP) is 1.65. The minimum Gasteiger partial charge on any atom is -0.496 e. The summed E-state index contributed by atoms with van der Waals surface area (Å²) in [6, 6.07) is 8.09. The van der Waals surface area contributed by atoms with Gasteiger partial charge in [0.2, 0.25) is 0 Å². The molecule has 5 heteroatoms. The number of benzene rings is 1. The lowest BCUT2D eigenvalue weighted by Crippen LogP contribution is -2.32. The first-order valence-corrected chi connectivity index (χ1v) is 8.36. The average molecular weight is 285 g/mol. The summed E-state index contributed by atoms with van der Waals surface area (Å²) in [5.41, 5.74) is 1.13. The van der Waals surface area contributed by atoms with Crippen molar-refractivity contribution in [2.24, 2.45) is 0 Å². The average Bonchev–Trinajstić information content (AvgIpc) is 2.39. The summed E-state index contributed by atoms with van der Waals surface area (Å²) in [6.45, 7) is 4.21. The van der Waals surface area contributed by atoms with Gasteiger partial charge in [-0.1, -0.05) is 25.1 Å². The van der Waals surface area contributed by atoms with Crippen LogP contribution in [0.15, 0.2) is 24.3 Å². The summed E-state index contributed by atoms with van der Waals surface area (Å²) in [5, 5.41) is 3.24. The van der Waals surface area contributed by atoms with Gasteiger partial charge < -0.3 is 10.1 Å². The summed E-state index contributed by atoms with van der Waals surface area (Å²) >= 11 is 0. The van der Waals surface area contributed by atoms with Crippen LogP contribution in [0.5, 0.6) is 5.75 Å². The SMILES string of the molecule is CCS(=O)(=O)CCNC(C)Cc1ccccc1OC. The first-order chi connectivity index (χ1) is 8.98. The molecule has 0 aromatic heterocycles. The third-order valence-electron chi connectivity index (χ3n) is 3.06. The van der Waals surface area contributed by atoms with E-state index in [1.54, 1.807) is 14.0 Å². The van der Waals surface area contributed by atoms with Crippen molar-refractivity contribution < 1.29 is 13.2 Å². The van der Waals surface area contributed by atoms with E-state index in [9.17, 15) is 8.42 Å². The monoisotopic (exact) mass is 285 g/mol. The number of ether oxygens (including phenoxy) is 1. The molecule has 19 heavy (non-hydrogen) atoms. The minimum absolute atomic E-state index is 0.194. The van der Waals surface area contributed by atoms with Crippen LogP contribution in [0, 0.1) is 0 Å². The largest absolute Gasteiger partial charge is 0.496 e. The second-order valence-electron chi connectivity index (χ2n) is 4.61. The highest BCUT2D eigenvalue weighted by Crippen LogP contribution is 2.18. The van der Waals surface area contributed by atoms with Gasteiger partial charge in [-0.25, -0.2) is 8.42 Å². The lowest BCUT2D eigenvalue weighted by Gasteiger charge is -2.15. The van der Waals surface area contributed by atoms with E-state index in [0.717, 1.165) is 17.7 Å². The number of rotatable bonds is 8. The molecule has 0 fully saturated rings. The van der Waals surface area contributed by atoms with Gasteiger partial charge >= 0.3 is 0 Å². The van der Waals surface area contributed by atoms with Gasteiger partial charge in [-0.2, -0.15) is 0 Å². The summed E-state index contributed by atoms with van der Waals surface area (Å²) in [7, 11) is -1.23. The number of hydrogen-bond acceptors (Lipinski definition) is 4. The maximum atomic E-state index is 11.4. The van der Waals surface area contributed by atoms with Crippen LogP contribution < -0.4 is 10.1 Å². The minimum atomic E-state index is -2.89. The van der Waals surface area contributed by atoms with E-state index in [1.165, 1.54) is 0 Å². The van der Waals surface area contributed by atoms with Crippen molar-refractivity contribution in [3.63, 3.8) is 0 Å². The van der Waals surface area contributed by atoms with Crippen molar-refractivity contribution in [2.75, 3.05) is 25.2 Å². The Kier molecular flexibility index (Phi) is 6.31. The summed E-state index contributed by atoms with van der Waals surface area (Å²) in [6.07, 6.45) is 0.816. The molecule has 0 saturated heterocycles. The van der Waals surface area contributed by atoms with E-state index in [-0.39, 0.29) is 17.5 Å². The molecule has 0 bridgehead atoms. The Morgan fingerprint density at radius 3 is 2.63 bits per heavy atom. The Bertz CT molecular complexity index is 485. The molecule has 0 amide bonds. The van der Waals surface area contributed by atoms with Gasteiger partial charge in [0, 0.05) is 18.3 Å².